The lowest BCUT2D eigenvalue weighted by atomic mass is 9.95. The molecule has 6 heteroatoms. The normalized spacial score (nSPS) is 19.5. The maximum absolute atomic E-state index is 11.9. The number of ether oxygens (including phenoxy) is 1. The van der Waals surface area contributed by atoms with Crippen LogP contribution in [0.3, 0.4) is 0 Å². The molecule has 0 saturated heterocycles. The first-order valence-electron chi connectivity index (χ1n) is 7.17. The molecule has 2 atom stereocenters. The van der Waals surface area contributed by atoms with Crippen molar-refractivity contribution in [3.05, 3.63) is 12.2 Å². The molecule has 0 aromatic heterocycles. The smallest absolute Gasteiger partial charge is 0.321 e. The number of nitrogens with one attached hydrogen (secondary N) is 2. The molecule has 6 nitrogen and oxygen atoms in total. The van der Waals surface area contributed by atoms with Crippen LogP contribution in [0.15, 0.2) is 12.2 Å². The summed E-state index contributed by atoms with van der Waals surface area (Å²) in [6.45, 7) is 6.86. The van der Waals surface area contributed by atoms with Crippen molar-refractivity contribution >= 4 is 17.9 Å². The first kappa shape index (κ1) is 17.2. The third-order valence-corrected chi connectivity index (χ3v) is 2.99. The second kappa shape index (κ2) is 7.24. The lowest BCUT2D eigenvalue weighted by molar-refractivity contribution is -0.158. The van der Waals surface area contributed by atoms with Gasteiger partial charge < -0.3 is 10.1 Å². The minimum atomic E-state index is -0.992. The quantitative estimate of drug-likeness (QED) is 0.615. The fourth-order valence-corrected chi connectivity index (χ4v) is 1.92. The maximum atomic E-state index is 11.9. The Balaban J connectivity index is 2.42. The van der Waals surface area contributed by atoms with E-state index in [0.29, 0.717) is 6.42 Å². The molecule has 3 amide bonds. The number of carbonyl (C=O) groups is 3. The second-order valence-electron chi connectivity index (χ2n) is 6.25. The monoisotopic (exact) mass is 296 g/mol. The molecule has 0 bridgehead atoms. The van der Waals surface area contributed by atoms with E-state index in [9.17, 15) is 14.4 Å². The molecule has 1 aliphatic carbocycles. The highest BCUT2D eigenvalue weighted by Gasteiger charge is 2.26. The predicted octanol–water partition coefficient (Wildman–Crippen LogP) is 1.90. The van der Waals surface area contributed by atoms with Gasteiger partial charge in [-0.1, -0.05) is 12.2 Å². The fourth-order valence-electron chi connectivity index (χ4n) is 1.92. The van der Waals surface area contributed by atoms with Crippen molar-refractivity contribution in [1.82, 2.24) is 10.6 Å². The van der Waals surface area contributed by atoms with Crippen LogP contribution < -0.4 is 10.6 Å². The van der Waals surface area contributed by atoms with E-state index in [1.165, 1.54) is 6.92 Å². The number of amides is 3. The number of esters is 1. The first-order chi connectivity index (χ1) is 9.69. The third-order valence-electron chi connectivity index (χ3n) is 2.99. The van der Waals surface area contributed by atoms with Crippen LogP contribution in [-0.4, -0.2) is 29.6 Å². The standard InChI is InChI=1S/C15H24N2O4/c1-10(12(18)16-14(20)17-15(2,3)4)21-13(19)11-8-6-5-7-9-11/h5-6,10-11H,7-9H2,1-4H3,(H2,16,17,18,20). The van der Waals surface area contributed by atoms with Gasteiger partial charge in [-0.05, 0) is 47.0 Å². The molecule has 21 heavy (non-hydrogen) atoms. The Kier molecular flexibility index (Phi) is 5.93. The van der Waals surface area contributed by atoms with E-state index in [2.05, 4.69) is 10.6 Å². The van der Waals surface area contributed by atoms with Gasteiger partial charge in [0.25, 0.3) is 5.91 Å². The lowest BCUT2D eigenvalue weighted by Gasteiger charge is -2.22. The van der Waals surface area contributed by atoms with Crippen molar-refractivity contribution < 1.29 is 19.1 Å². The molecule has 0 heterocycles. The number of urea groups is 1. The van der Waals surface area contributed by atoms with E-state index in [-0.39, 0.29) is 5.92 Å². The van der Waals surface area contributed by atoms with Gasteiger partial charge in [-0.15, -0.1) is 0 Å². The van der Waals surface area contributed by atoms with Crippen molar-refractivity contribution in [2.24, 2.45) is 5.92 Å². The summed E-state index contributed by atoms with van der Waals surface area (Å²) in [4.78, 5) is 35.3. The van der Waals surface area contributed by atoms with E-state index in [4.69, 9.17) is 4.74 Å². The van der Waals surface area contributed by atoms with Crippen LogP contribution in [0.5, 0.6) is 0 Å². The van der Waals surface area contributed by atoms with Crippen LogP contribution in [0, 0.1) is 5.92 Å². The van der Waals surface area contributed by atoms with Crippen LogP contribution in [-0.2, 0) is 14.3 Å². The maximum Gasteiger partial charge on any atom is 0.321 e. The average molecular weight is 296 g/mol. The van der Waals surface area contributed by atoms with Crippen molar-refractivity contribution in [2.45, 2.75) is 58.6 Å². The molecule has 2 N–H and O–H groups in total. The molecule has 0 fully saturated rings. The van der Waals surface area contributed by atoms with Crippen molar-refractivity contribution in [2.75, 3.05) is 0 Å². The molecule has 1 rings (SSSR count). The van der Waals surface area contributed by atoms with Gasteiger partial charge in [0, 0.05) is 5.54 Å². The number of hydrogen-bond donors (Lipinski definition) is 2. The van der Waals surface area contributed by atoms with Crippen LogP contribution in [0.2, 0.25) is 0 Å². The van der Waals surface area contributed by atoms with Gasteiger partial charge in [0.05, 0.1) is 5.92 Å². The van der Waals surface area contributed by atoms with Crippen LogP contribution in [0.1, 0.15) is 47.0 Å². The van der Waals surface area contributed by atoms with Crippen molar-refractivity contribution in [1.29, 1.82) is 0 Å². The molecule has 0 spiro atoms. The Hall–Kier alpha value is -1.85. The van der Waals surface area contributed by atoms with Crippen LogP contribution in [0.25, 0.3) is 0 Å². The topological polar surface area (TPSA) is 84.5 Å². The van der Waals surface area contributed by atoms with E-state index >= 15 is 0 Å². The van der Waals surface area contributed by atoms with Gasteiger partial charge in [0.1, 0.15) is 0 Å². The predicted molar refractivity (Wildman–Crippen MR) is 78.5 cm³/mol. The molecule has 0 aromatic rings. The molecule has 2 unspecified atom stereocenters. The Morgan fingerprint density at radius 1 is 1.24 bits per heavy atom. The Labute approximate surface area is 125 Å². The highest BCUT2D eigenvalue weighted by Crippen LogP contribution is 2.20. The van der Waals surface area contributed by atoms with E-state index in [1.807, 2.05) is 12.2 Å². The number of hydrogen-bond acceptors (Lipinski definition) is 4. The Morgan fingerprint density at radius 2 is 1.90 bits per heavy atom. The average Bonchev–Trinajstić information content (AvgIpc) is 2.37. The van der Waals surface area contributed by atoms with Gasteiger partial charge in [0.15, 0.2) is 6.10 Å². The summed E-state index contributed by atoms with van der Waals surface area (Å²) in [5.41, 5.74) is -0.446. The van der Waals surface area contributed by atoms with Gasteiger partial charge in [-0.25, -0.2) is 4.79 Å². The molecule has 0 radical (unpaired) electrons. The number of allylic oxidation sites excluding steroid dienone is 2. The van der Waals surface area contributed by atoms with E-state index in [0.717, 1.165) is 12.8 Å². The van der Waals surface area contributed by atoms with Crippen molar-refractivity contribution in [3.63, 3.8) is 0 Å². The third kappa shape index (κ3) is 6.42. The number of rotatable bonds is 3. The minimum absolute atomic E-state index is 0.200. The Bertz CT molecular complexity index is 437. The summed E-state index contributed by atoms with van der Waals surface area (Å²) in [7, 11) is 0. The zero-order valence-corrected chi connectivity index (χ0v) is 13.1. The fraction of sp³-hybridized carbons (Fsp3) is 0.667. The summed E-state index contributed by atoms with van der Waals surface area (Å²) >= 11 is 0. The van der Waals surface area contributed by atoms with Gasteiger partial charge in [-0.2, -0.15) is 0 Å². The van der Waals surface area contributed by atoms with Crippen LogP contribution >= 0.6 is 0 Å². The van der Waals surface area contributed by atoms with Crippen molar-refractivity contribution in [3.8, 4) is 0 Å². The van der Waals surface area contributed by atoms with Crippen LogP contribution in [0.4, 0.5) is 4.79 Å². The van der Waals surface area contributed by atoms with E-state index in [1.54, 1.807) is 20.8 Å². The van der Waals surface area contributed by atoms with Gasteiger partial charge in [-0.3, -0.25) is 14.9 Å². The molecule has 1 aliphatic rings. The highest BCUT2D eigenvalue weighted by molar-refractivity contribution is 5.97. The molecule has 0 aromatic carbocycles. The number of imide groups is 1. The summed E-state index contributed by atoms with van der Waals surface area (Å²) < 4.78 is 5.12. The molecular formula is C15H24N2O4. The molecular weight excluding hydrogens is 272 g/mol. The second-order valence-corrected chi connectivity index (χ2v) is 6.25. The molecule has 0 saturated carbocycles. The Morgan fingerprint density at radius 3 is 2.43 bits per heavy atom. The highest BCUT2D eigenvalue weighted by atomic mass is 16.5. The minimum Gasteiger partial charge on any atom is -0.452 e. The van der Waals surface area contributed by atoms with E-state index < -0.39 is 29.6 Å². The zero-order valence-electron chi connectivity index (χ0n) is 13.1. The summed E-state index contributed by atoms with van der Waals surface area (Å²) in [6, 6.07) is -0.601. The number of carbonyl (C=O) groups excluding carboxylic acids is 3. The zero-order chi connectivity index (χ0) is 16.0. The van der Waals surface area contributed by atoms with Gasteiger partial charge in [0.2, 0.25) is 0 Å². The lowest BCUT2D eigenvalue weighted by Crippen LogP contribution is -2.50. The summed E-state index contributed by atoms with van der Waals surface area (Å²) in [5.74, 6) is -1.22. The summed E-state index contributed by atoms with van der Waals surface area (Å²) in [5, 5.41) is 4.77. The van der Waals surface area contributed by atoms with Gasteiger partial charge >= 0.3 is 12.0 Å². The molecule has 0 aliphatic heterocycles. The molecule has 118 valence electrons. The first-order valence-corrected chi connectivity index (χ1v) is 7.17. The summed E-state index contributed by atoms with van der Waals surface area (Å²) in [6.07, 6.45) is 5.18. The SMILES string of the molecule is CC(OC(=O)C1CC=CCC1)C(=O)NC(=O)NC(C)(C)C. The largest absolute Gasteiger partial charge is 0.452 e.